The predicted molar refractivity (Wildman–Crippen MR) is 65.1 cm³/mol. The Labute approximate surface area is 94.4 Å². The van der Waals surface area contributed by atoms with E-state index in [1.165, 1.54) is 38.6 Å². The molecular weight excluding hydrogens is 184 g/mol. The van der Waals surface area contributed by atoms with Gasteiger partial charge in [0.05, 0.1) is 0 Å². The fraction of sp³-hybridized carbons (Fsp3) is 1.00. The summed E-state index contributed by atoms with van der Waals surface area (Å²) < 4.78 is 0. The van der Waals surface area contributed by atoms with Gasteiger partial charge in [0.15, 0.2) is 0 Å². The summed E-state index contributed by atoms with van der Waals surface area (Å²) in [5, 5.41) is 3.84. The molecule has 0 spiro atoms. The second kappa shape index (κ2) is 4.84. The van der Waals surface area contributed by atoms with Gasteiger partial charge in [-0.3, -0.25) is 4.90 Å². The van der Waals surface area contributed by atoms with Crippen molar-refractivity contribution in [1.29, 1.82) is 0 Å². The van der Waals surface area contributed by atoms with Crippen LogP contribution < -0.4 is 5.32 Å². The summed E-state index contributed by atoms with van der Waals surface area (Å²) in [5.41, 5.74) is 0. The van der Waals surface area contributed by atoms with Crippen LogP contribution in [-0.4, -0.2) is 35.6 Å². The molecule has 0 aromatic rings. The van der Waals surface area contributed by atoms with Crippen molar-refractivity contribution in [2.24, 2.45) is 0 Å². The Bertz CT molecular complexity index is 199. The van der Waals surface area contributed by atoms with Crippen molar-refractivity contribution in [3.63, 3.8) is 0 Å². The van der Waals surface area contributed by atoms with Crippen molar-refractivity contribution in [2.75, 3.05) is 6.54 Å². The third-order valence-corrected chi connectivity index (χ3v) is 3.93. The van der Waals surface area contributed by atoms with Gasteiger partial charge in [-0.15, -0.1) is 0 Å². The maximum absolute atomic E-state index is 3.84. The van der Waals surface area contributed by atoms with Crippen LogP contribution in [0.3, 0.4) is 0 Å². The maximum atomic E-state index is 3.84. The zero-order chi connectivity index (χ0) is 10.8. The van der Waals surface area contributed by atoms with Crippen LogP contribution in [0.1, 0.15) is 52.9 Å². The van der Waals surface area contributed by atoms with Crippen LogP contribution in [-0.2, 0) is 0 Å². The smallest absolute Gasteiger partial charge is 0.0249 e. The van der Waals surface area contributed by atoms with Crippen molar-refractivity contribution < 1.29 is 0 Å². The van der Waals surface area contributed by atoms with E-state index in [4.69, 9.17) is 0 Å². The molecule has 1 N–H and O–H groups in total. The molecule has 0 bridgehead atoms. The van der Waals surface area contributed by atoms with Gasteiger partial charge in [-0.1, -0.05) is 6.92 Å². The molecule has 2 fully saturated rings. The van der Waals surface area contributed by atoms with Gasteiger partial charge < -0.3 is 5.32 Å². The number of hydrogen-bond acceptors (Lipinski definition) is 2. The van der Waals surface area contributed by atoms with Crippen molar-refractivity contribution in [2.45, 2.75) is 77.0 Å². The van der Waals surface area contributed by atoms with Gasteiger partial charge in [-0.2, -0.15) is 0 Å². The lowest BCUT2D eigenvalue weighted by atomic mass is 9.92. The Hall–Kier alpha value is -0.0800. The SMILES string of the molecule is CCC1C(NC2CC2)CCCN1C(C)C. The second-order valence-electron chi connectivity index (χ2n) is 5.50. The van der Waals surface area contributed by atoms with E-state index < -0.39 is 0 Å². The van der Waals surface area contributed by atoms with Crippen LogP contribution in [0, 0.1) is 0 Å². The van der Waals surface area contributed by atoms with E-state index in [0.29, 0.717) is 6.04 Å². The first-order valence-corrected chi connectivity index (χ1v) is 6.74. The summed E-state index contributed by atoms with van der Waals surface area (Å²) in [6.45, 7) is 8.32. The Morgan fingerprint density at radius 1 is 1.27 bits per heavy atom. The highest BCUT2D eigenvalue weighted by Crippen LogP contribution is 2.27. The van der Waals surface area contributed by atoms with Gasteiger partial charge in [-0.25, -0.2) is 0 Å². The number of piperidine rings is 1. The molecule has 1 aliphatic heterocycles. The topological polar surface area (TPSA) is 15.3 Å². The van der Waals surface area contributed by atoms with Crippen LogP contribution in [0.25, 0.3) is 0 Å². The van der Waals surface area contributed by atoms with Gasteiger partial charge in [0.1, 0.15) is 0 Å². The fourth-order valence-electron chi connectivity index (χ4n) is 2.99. The average Bonchev–Trinajstić information content (AvgIpc) is 3.01. The molecule has 2 nitrogen and oxygen atoms in total. The van der Waals surface area contributed by atoms with Crippen molar-refractivity contribution >= 4 is 0 Å². The number of hydrogen-bond donors (Lipinski definition) is 1. The molecule has 0 amide bonds. The number of rotatable bonds is 4. The van der Waals surface area contributed by atoms with E-state index in [0.717, 1.165) is 18.1 Å². The van der Waals surface area contributed by atoms with Crippen LogP contribution in [0.4, 0.5) is 0 Å². The van der Waals surface area contributed by atoms with Crippen LogP contribution >= 0.6 is 0 Å². The Kier molecular flexibility index (Phi) is 3.68. The Balaban J connectivity index is 1.95. The van der Waals surface area contributed by atoms with E-state index >= 15 is 0 Å². The highest BCUT2D eigenvalue weighted by atomic mass is 15.2. The van der Waals surface area contributed by atoms with E-state index in [-0.39, 0.29) is 0 Å². The van der Waals surface area contributed by atoms with E-state index in [9.17, 15) is 0 Å². The standard InChI is InChI=1S/C13H26N2/c1-4-13-12(14-11-7-8-11)6-5-9-15(13)10(2)3/h10-14H,4-9H2,1-3H3. The first-order chi connectivity index (χ1) is 7.22. The normalized spacial score (nSPS) is 33.6. The number of nitrogens with one attached hydrogen (secondary N) is 1. The minimum atomic E-state index is 0.707. The molecule has 1 saturated carbocycles. The Morgan fingerprint density at radius 2 is 2.00 bits per heavy atom. The lowest BCUT2D eigenvalue weighted by Gasteiger charge is -2.44. The summed E-state index contributed by atoms with van der Waals surface area (Å²) in [4.78, 5) is 2.70. The summed E-state index contributed by atoms with van der Waals surface area (Å²) in [5.74, 6) is 0. The molecule has 2 heteroatoms. The fourth-order valence-corrected chi connectivity index (χ4v) is 2.99. The average molecular weight is 210 g/mol. The summed E-state index contributed by atoms with van der Waals surface area (Å²) in [6.07, 6.45) is 6.88. The van der Waals surface area contributed by atoms with E-state index in [1.807, 2.05) is 0 Å². The monoisotopic (exact) mass is 210 g/mol. The minimum Gasteiger partial charge on any atom is -0.310 e. The van der Waals surface area contributed by atoms with Crippen molar-refractivity contribution in [3.05, 3.63) is 0 Å². The molecule has 2 atom stereocenters. The highest BCUT2D eigenvalue weighted by Gasteiger charge is 2.34. The lowest BCUT2D eigenvalue weighted by Crippen LogP contribution is -2.56. The third kappa shape index (κ3) is 2.73. The number of nitrogens with zero attached hydrogens (tertiary/aromatic N) is 1. The lowest BCUT2D eigenvalue weighted by molar-refractivity contribution is 0.0778. The van der Waals surface area contributed by atoms with Crippen LogP contribution in [0.2, 0.25) is 0 Å². The molecule has 1 aliphatic carbocycles. The van der Waals surface area contributed by atoms with E-state index in [1.54, 1.807) is 0 Å². The van der Waals surface area contributed by atoms with Crippen LogP contribution in [0.15, 0.2) is 0 Å². The zero-order valence-electron chi connectivity index (χ0n) is 10.5. The Morgan fingerprint density at radius 3 is 2.53 bits per heavy atom. The molecule has 0 radical (unpaired) electrons. The minimum absolute atomic E-state index is 0.707. The first kappa shape index (κ1) is 11.4. The summed E-state index contributed by atoms with van der Waals surface area (Å²) >= 11 is 0. The molecular formula is C13H26N2. The van der Waals surface area contributed by atoms with Gasteiger partial charge in [-0.05, 0) is 52.5 Å². The second-order valence-corrected chi connectivity index (χ2v) is 5.50. The first-order valence-electron chi connectivity index (χ1n) is 6.74. The quantitative estimate of drug-likeness (QED) is 0.766. The molecule has 1 heterocycles. The molecule has 88 valence electrons. The molecule has 1 saturated heterocycles. The maximum Gasteiger partial charge on any atom is 0.0249 e. The predicted octanol–water partition coefficient (Wildman–Crippen LogP) is 2.39. The highest BCUT2D eigenvalue weighted by molar-refractivity contribution is 4.94. The largest absolute Gasteiger partial charge is 0.310 e. The van der Waals surface area contributed by atoms with Gasteiger partial charge in [0, 0.05) is 24.2 Å². The molecule has 0 aromatic heterocycles. The van der Waals surface area contributed by atoms with Gasteiger partial charge >= 0.3 is 0 Å². The molecule has 15 heavy (non-hydrogen) atoms. The third-order valence-electron chi connectivity index (χ3n) is 3.93. The van der Waals surface area contributed by atoms with Crippen molar-refractivity contribution in [3.8, 4) is 0 Å². The number of likely N-dealkylation sites (tertiary alicyclic amines) is 1. The van der Waals surface area contributed by atoms with Gasteiger partial charge in [0.2, 0.25) is 0 Å². The summed E-state index contributed by atoms with van der Waals surface area (Å²) in [7, 11) is 0. The molecule has 0 aromatic carbocycles. The van der Waals surface area contributed by atoms with Crippen LogP contribution in [0.5, 0.6) is 0 Å². The molecule has 2 aliphatic rings. The van der Waals surface area contributed by atoms with Crippen molar-refractivity contribution in [1.82, 2.24) is 10.2 Å². The molecule has 2 unspecified atom stereocenters. The summed E-state index contributed by atoms with van der Waals surface area (Å²) in [6, 6.07) is 3.10. The molecule has 2 rings (SSSR count). The zero-order valence-corrected chi connectivity index (χ0v) is 10.5. The van der Waals surface area contributed by atoms with Gasteiger partial charge in [0.25, 0.3) is 0 Å². The van der Waals surface area contributed by atoms with E-state index in [2.05, 4.69) is 31.0 Å².